The lowest BCUT2D eigenvalue weighted by atomic mass is 9.79. The van der Waals surface area contributed by atoms with Crippen molar-refractivity contribution in [1.29, 1.82) is 0 Å². The molecule has 74 valence electrons. The van der Waals surface area contributed by atoms with Gasteiger partial charge in [-0.25, -0.2) is 0 Å². The minimum absolute atomic E-state index is 0.469. The second-order valence-corrected chi connectivity index (χ2v) is 5.36. The quantitative estimate of drug-likeness (QED) is 0.481. The smallest absolute Gasteiger partial charge is 0.00646 e. The van der Waals surface area contributed by atoms with E-state index in [1.807, 2.05) is 0 Å². The molecule has 0 aromatic heterocycles. The number of alkyl halides is 1. The van der Waals surface area contributed by atoms with Gasteiger partial charge in [-0.1, -0.05) is 62.9 Å². The number of rotatable bonds is 5. The normalized spacial score (nSPS) is 14.8. The van der Waals surface area contributed by atoms with Gasteiger partial charge in [0.2, 0.25) is 0 Å². The molecule has 0 saturated carbocycles. The minimum atomic E-state index is 0.469. The molecule has 0 aromatic rings. The summed E-state index contributed by atoms with van der Waals surface area (Å²) in [6.45, 7) is 9.28. The van der Waals surface area contributed by atoms with Gasteiger partial charge in [-0.15, -0.1) is 0 Å². The van der Waals surface area contributed by atoms with Crippen molar-refractivity contribution in [3.63, 3.8) is 0 Å². The molecule has 1 unspecified atom stereocenters. The minimum Gasteiger partial charge on any atom is -0.0925 e. The van der Waals surface area contributed by atoms with Gasteiger partial charge in [0, 0.05) is 5.33 Å². The van der Waals surface area contributed by atoms with Crippen LogP contribution in [0.15, 0.2) is 0 Å². The zero-order valence-electron chi connectivity index (χ0n) is 8.99. The highest BCUT2D eigenvalue weighted by molar-refractivity contribution is 9.09. The highest BCUT2D eigenvalue weighted by Crippen LogP contribution is 2.31. The Morgan fingerprint density at radius 3 is 2.08 bits per heavy atom. The predicted octanol–water partition coefficient (Wildman–Crippen LogP) is 4.62. The summed E-state index contributed by atoms with van der Waals surface area (Å²) in [7, 11) is 0. The van der Waals surface area contributed by atoms with Crippen LogP contribution in [0.25, 0.3) is 0 Å². The number of halogens is 1. The van der Waals surface area contributed by atoms with Crippen molar-refractivity contribution in [1.82, 2.24) is 0 Å². The van der Waals surface area contributed by atoms with E-state index in [-0.39, 0.29) is 0 Å². The third-order valence-electron chi connectivity index (χ3n) is 2.57. The van der Waals surface area contributed by atoms with E-state index in [1.165, 1.54) is 25.7 Å². The maximum atomic E-state index is 3.60. The standard InChI is InChI=1S/C11H23Br/c1-5-6-7-8-10(9-12)11(2,3)4/h10H,5-9H2,1-4H3. The van der Waals surface area contributed by atoms with Crippen LogP contribution in [0.4, 0.5) is 0 Å². The third-order valence-corrected chi connectivity index (χ3v) is 3.35. The van der Waals surface area contributed by atoms with Crippen molar-refractivity contribution in [3.05, 3.63) is 0 Å². The van der Waals surface area contributed by atoms with Crippen molar-refractivity contribution in [2.24, 2.45) is 11.3 Å². The fourth-order valence-corrected chi connectivity index (χ4v) is 2.68. The molecule has 0 rings (SSSR count). The van der Waals surface area contributed by atoms with Gasteiger partial charge in [-0.3, -0.25) is 0 Å². The molecule has 0 aliphatic rings. The molecule has 12 heavy (non-hydrogen) atoms. The average molecular weight is 235 g/mol. The van der Waals surface area contributed by atoms with Gasteiger partial charge in [-0.2, -0.15) is 0 Å². The molecule has 0 radical (unpaired) electrons. The molecule has 0 aromatic carbocycles. The van der Waals surface area contributed by atoms with Crippen LogP contribution in [-0.2, 0) is 0 Å². The van der Waals surface area contributed by atoms with Gasteiger partial charge in [0.25, 0.3) is 0 Å². The lowest BCUT2D eigenvalue weighted by Gasteiger charge is -2.29. The second-order valence-electron chi connectivity index (χ2n) is 4.71. The van der Waals surface area contributed by atoms with E-state index in [9.17, 15) is 0 Å². The van der Waals surface area contributed by atoms with E-state index in [0.29, 0.717) is 5.41 Å². The Bertz CT molecular complexity index is 102. The Labute approximate surface area is 86.3 Å². The van der Waals surface area contributed by atoms with Crippen LogP contribution in [0.1, 0.15) is 53.4 Å². The molecule has 1 atom stereocenters. The summed E-state index contributed by atoms with van der Waals surface area (Å²) in [5.74, 6) is 0.837. The second kappa shape index (κ2) is 6.01. The summed E-state index contributed by atoms with van der Waals surface area (Å²) in [4.78, 5) is 0. The first-order valence-corrected chi connectivity index (χ1v) is 6.20. The largest absolute Gasteiger partial charge is 0.0925 e. The molecule has 0 nitrogen and oxygen atoms in total. The highest BCUT2D eigenvalue weighted by atomic mass is 79.9. The van der Waals surface area contributed by atoms with E-state index < -0.39 is 0 Å². The molecular weight excluding hydrogens is 212 g/mol. The zero-order valence-corrected chi connectivity index (χ0v) is 10.6. The summed E-state index contributed by atoms with van der Waals surface area (Å²) >= 11 is 3.60. The summed E-state index contributed by atoms with van der Waals surface area (Å²) in [6.07, 6.45) is 5.49. The summed E-state index contributed by atoms with van der Waals surface area (Å²) in [6, 6.07) is 0. The van der Waals surface area contributed by atoms with Crippen LogP contribution in [0.5, 0.6) is 0 Å². The molecule has 0 N–H and O–H groups in total. The number of unbranched alkanes of at least 4 members (excludes halogenated alkanes) is 2. The Kier molecular flexibility index (Phi) is 6.25. The molecule has 0 bridgehead atoms. The van der Waals surface area contributed by atoms with Crippen LogP contribution in [0, 0.1) is 11.3 Å². The summed E-state index contributed by atoms with van der Waals surface area (Å²) in [5.41, 5.74) is 0.469. The number of hydrogen-bond donors (Lipinski definition) is 0. The fraction of sp³-hybridized carbons (Fsp3) is 1.00. The van der Waals surface area contributed by atoms with Crippen molar-refractivity contribution < 1.29 is 0 Å². The molecule has 1 heteroatoms. The van der Waals surface area contributed by atoms with Gasteiger partial charge in [0.1, 0.15) is 0 Å². The Hall–Kier alpha value is 0.480. The van der Waals surface area contributed by atoms with Crippen LogP contribution in [0.3, 0.4) is 0 Å². The number of hydrogen-bond acceptors (Lipinski definition) is 0. The lowest BCUT2D eigenvalue weighted by Crippen LogP contribution is -2.21. The van der Waals surface area contributed by atoms with Crippen LogP contribution in [0.2, 0.25) is 0 Å². The van der Waals surface area contributed by atoms with E-state index >= 15 is 0 Å². The topological polar surface area (TPSA) is 0 Å². The molecule has 0 heterocycles. The monoisotopic (exact) mass is 234 g/mol. The van der Waals surface area contributed by atoms with E-state index in [0.717, 1.165) is 11.2 Å². The fourth-order valence-electron chi connectivity index (χ4n) is 1.38. The van der Waals surface area contributed by atoms with Crippen LogP contribution >= 0.6 is 15.9 Å². The van der Waals surface area contributed by atoms with Gasteiger partial charge in [0.05, 0.1) is 0 Å². The first-order chi connectivity index (χ1) is 5.52. The van der Waals surface area contributed by atoms with Gasteiger partial charge < -0.3 is 0 Å². The first-order valence-electron chi connectivity index (χ1n) is 5.08. The van der Waals surface area contributed by atoms with E-state index in [2.05, 4.69) is 43.6 Å². The molecule has 0 fully saturated rings. The van der Waals surface area contributed by atoms with E-state index in [4.69, 9.17) is 0 Å². The van der Waals surface area contributed by atoms with Gasteiger partial charge in [0.15, 0.2) is 0 Å². The highest BCUT2D eigenvalue weighted by Gasteiger charge is 2.22. The Balaban J connectivity index is 3.68. The molecule has 0 amide bonds. The molecule has 0 aliphatic heterocycles. The molecule has 0 aliphatic carbocycles. The lowest BCUT2D eigenvalue weighted by molar-refractivity contribution is 0.247. The van der Waals surface area contributed by atoms with Crippen molar-refractivity contribution in [2.75, 3.05) is 5.33 Å². The van der Waals surface area contributed by atoms with Crippen LogP contribution in [-0.4, -0.2) is 5.33 Å². The van der Waals surface area contributed by atoms with Gasteiger partial charge in [-0.05, 0) is 17.8 Å². The summed E-state index contributed by atoms with van der Waals surface area (Å²) < 4.78 is 0. The third kappa shape index (κ3) is 5.18. The Morgan fingerprint density at radius 1 is 1.17 bits per heavy atom. The molecular formula is C11H23Br. The maximum absolute atomic E-state index is 3.60. The van der Waals surface area contributed by atoms with Gasteiger partial charge >= 0.3 is 0 Å². The van der Waals surface area contributed by atoms with Crippen LogP contribution < -0.4 is 0 Å². The first kappa shape index (κ1) is 12.5. The maximum Gasteiger partial charge on any atom is 0.00646 e. The SMILES string of the molecule is CCCCCC(CBr)C(C)(C)C. The van der Waals surface area contributed by atoms with E-state index in [1.54, 1.807) is 0 Å². The predicted molar refractivity (Wildman–Crippen MR) is 60.9 cm³/mol. The zero-order chi connectivity index (χ0) is 9.61. The molecule has 0 spiro atoms. The average Bonchev–Trinajstić information content (AvgIpc) is 1.95. The van der Waals surface area contributed by atoms with Crippen molar-refractivity contribution in [2.45, 2.75) is 53.4 Å². The van der Waals surface area contributed by atoms with Crippen molar-refractivity contribution >= 4 is 15.9 Å². The Morgan fingerprint density at radius 2 is 1.75 bits per heavy atom. The summed E-state index contributed by atoms with van der Waals surface area (Å²) in [5, 5.41) is 1.15. The molecule has 0 saturated heterocycles. The van der Waals surface area contributed by atoms with Crippen molar-refractivity contribution in [3.8, 4) is 0 Å².